The number of carbonyl (C=O) groups is 1. The van der Waals surface area contributed by atoms with Crippen LogP contribution in [0.15, 0.2) is 34.3 Å². The Morgan fingerprint density at radius 3 is 2.54 bits per heavy atom. The van der Waals surface area contributed by atoms with E-state index >= 15 is 0 Å². The molecule has 152 valence electrons. The van der Waals surface area contributed by atoms with Crippen molar-refractivity contribution in [3.8, 4) is 0 Å². The van der Waals surface area contributed by atoms with Gasteiger partial charge >= 0.3 is 0 Å². The molecule has 0 unspecified atom stereocenters. The van der Waals surface area contributed by atoms with E-state index in [9.17, 15) is 13.2 Å². The number of carbonyl (C=O) groups excluding carboxylic acids is 1. The van der Waals surface area contributed by atoms with E-state index in [1.165, 1.54) is 28.2 Å². The molecular weight excluding hydrogens is 422 g/mol. The summed E-state index contributed by atoms with van der Waals surface area (Å²) in [5.74, 6) is 1.00. The molecule has 28 heavy (non-hydrogen) atoms. The minimum absolute atomic E-state index is 0.0459. The third-order valence-corrected chi connectivity index (χ3v) is 7.36. The van der Waals surface area contributed by atoms with E-state index in [0.29, 0.717) is 23.3 Å². The van der Waals surface area contributed by atoms with Gasteiger partial charge in [-0.25, -0.2) is 13.4 Å². The molecule has 3 rings (SSSR count). The van der Waals surface area contributed by atoms with Crippen LogP contribution in [0.2, 0.25) is 5.02 Å². The minimum atomic E-state index is -3.58. The molecule has 0 spiro atoms. The molecule has 1 N–H and O–H groups in total. The maximum Gasteiger partial charge on any atom is 0.243 e. The first kappa shape index (κ1) is 21.1. The van der Waals surface area contributed by atoms with Gasteiger partial charge in [-0.15, -0.1) is 5.10 Å². The van der Waals surface area contributed by atoms with E-state index in [0.717, 1.165) is 18.7 Å². The lowest BCUT2D eigenvalue weighted by atomic mass is 10.3. The van der Waals surface area contributed by atoms with E-state index in [2.05, 4.69) is 22.1 Å². The first-order valence-corrected chi connectivity index (χ1v) is 11.8. The summed E-state index contributed by atoms with van der Waals surface area (Å²) in [4.78, 5) is 18.6. The Kier molecular flexibility index (Phi) is 6.97. The highest BCUT2D eigenvalue weighted by Crippen LogP contribution is 2.20. The third-order valence-electron chi connectivity index (χ3n) is 4.37. The Balaban J connectivity index is 1.51. The number of nitrogens with zero attached hydrogens (tertiary/aromatic N) is 4. The Labute approximate surface area is 173 Å². The largest absolute Gasteiger partial charge is 0.339 e. The van der Waals surface area contributed by atoms with Gasteiger partial charge < -0.3 is 4.90 Å². The first-order chi connectivity index (χ1) is 13.4. The smallest absolute Gasteiger partial charge is 0.243 e. The summed E-state index contributed by atoms with van der Waals surface area (Å²) in [7, 11) is -3.58. The van der Waals surface area contributed by atoms with Crippen LogP contribution in [0.4, 0.5) is 0 Å². The van der Waals surface area contributed by atoms with Crippen molar-refractivity contribution in [2.45, 2.75) is 29.8 Å². The molecule has 1 aromatic carbocycles. The fourth-order valence-electron chi connectivity index (χ4n) is 2.84. The molecule has 1 aliphatic heterocycles. The van der Waals surface area contributed by atoms with Crippen molar-refractivity contribution in [3.63, 3.8) is 0 Å². The Morgan fingerprint density at radius 1 is 1.21 bits per heavy atom. The zero-order valence-corrected chi connectivity index (χ0v) is 17.9. The molecule has 8 nitrogen and oxygen atoms in total. The van der Waals surface area contributed by atoms with Gasteiger partial charge in [-0.3, -0.25) is 9.89 Å². The van der Waals surface area contributed by atoms with E-state index in [4.69, 9.17) is 11.6 Å². The maximum atomic E-state index is 12.7. The van der Waals surface area contributed by atoms with Gasteiger partial charge in [0.25, 0.3) is 0 Å². The van der Waals surface area contributed by atoms with Crippen LogP contribution in [-0.2, 0) is 21.2 Å². The SMILES string of the molecule is CCCc1nc(SCC(=O)N2CCN(S(=O)(=O)c3ccc(Cl)cc3)CC2)n[nH]1. The molecule has 1 aliphatic rings. The van der Waals surface area contributed by atoms with Crippen molar-refractivity contribution in [1.29, 1.82) is 0 Å². The molecule has 2 aromatic rings. The highest BCUT2D eigenvalue weighted by atomic mass is 35.5. The topological polar surface area (TPSA) is 99.3 Å². The van der Waals surface area contributed by atoms with Gasteiger partial charge in [0.15, 0.2) is 0 Å². The monoisotopic (exact) mass is 443 g/mol. The zero-order chi connectivity index (χ0) is 20.1. The average Bonchev–Trinajstić information content (AvgIpc) is 3.14. The number of rotatable bonds is 7. The molecular formula is C17H22ClN5O3S2. The molecule has 0 saturated carbocycles. The third kappa shape index (κ3) is 5.05. The van der Waals surface area contributed by atoms with Crippen molar-refractivity contribution in [3.05, 3.63) is 35.1 Å². The molecule has 1 aromatic heterocycles. The van der Waals surface area contributed by atoms with Gasteiger partial charge in [0.1, 0.15) is 5.82 Å². The molecule has 1 fully saturated rings. The maximum absolute atomic E-state index is 12.7. The van der Waals surface area contributed by atoms with Gasteiger partial charge in [0.2, 0.25) is 21.1 Å². The lowest BCUT2D eigenvalue weighted by Gasteiger charge is -2.34. The predicted molar refractivity (Wildman–Crippen MR) is 108 cm³/mol. The van der Waals surface area contributed by atoms with Crippen molar-refractivity contribution in [2.75, 3.05) is 31.9 Å². The normalized spacial score (nSPS) is 15.7. The van der Waals surface area contributed by atoms with Gasteiger partial charge in [0.05, 0.1) is 10.6 Å². The number of amides is 1. The van der Waals surface area contributed by atoms with Crippen LogP contribution in [0, 0.1) is 0 Å². The molecule has 11 heteroatoms. The number of aryl methyl sites for hydroxylation is 1. The zero-order valence-electron chi connectivity index (χ0n) is 15.5. The number of sulfonamides is 1. The fourth-order valence-corrected chi connectivity index (χ4v) is 5.11. The van der Waals surface area contributed by atoms with Crippen LogP contribution in [0.3, 0.4) is 0 Å². The average molecular weight is 444 g/mol. The molecule has 0 atom stereocenters. The number of H-pyrrole nitrogens is 1. The van der Waals surface area contributed by atoms with E-state index in [1.807, 2.05) is 0 Å². The number of thioether (sulfide) groups is 1. The number of hydrogen-bond acceptors (Lipinski definition) is 6. The van der Waals surface area contributed by atoms with Crippen LogP contribution in [0.5, 0.6) is 0 Å². The van der Waals surface area contributed by atoms with Crippen LogP contribution < -0.4 is 0 Å². The molecule has 0 aliphatic carbocycles. The van der Waals surface area contributed by atoms with Crippen LogP contribution >= 0.6 is 23.4 Å². The summed E-state index contributed by atoms with van der Waals surface area (Å²) in [5.41, 5.74) is 0. The molecule has 1 saturated heterocycles. The Morgan fingerprint density at radius 2 is 1.89 bits per heavy atom. The van der Waals surface area contributed by atoms with Crippen molar-refractivity contribution < 1.29 is 13.2 Å². The first-order valence-electron chi connectivity index (χ1n) is 8.97. The van der Waals surface area contributed by atoms with Crippen molar-refractivity contribution in [2.24, 2.45) is 0 Å². The van der Waals surface area contributed by atoms with Gasteiger partial charge in [-0.1, -0.05) is 30.3 Å². The quantitative estimate of drug-likeness (QED) is 0.657. The highest BCUT2D eigenvalue weighted by molar-refractivity contribution is 7.99. The second kappa shape index (κ2) is 9.25. The minimum Gasteiger partial charge on any atom is -0.339 e. The van der Waals surface area contributed by atoms with Crippen LogP contribution in [0.25, 0.3) is 0 Å². The Bertz CT molecular complexity index is 909. The summed E-state index contributed by atoms with van der Waals surface area (Å²) in [6.45, 7) is 3.32. The number of aromatic amines is 1. The lowest BCUT2D eigenvalue weighted by molar-refractivity contribution is -0.129. The molecule has 0 bridgehead atoms. The summed E-state index contributed by atoms with van der Waals surface area (Å²) >= 11 is 7.11. The number of benzene rings is 1. The highest BCUT2D eigenvalue weighted by Gasteiger charge is 2.30. The Hall–Kier alpha value is -1.62. The van der Waals surface area contributed by atoms with Crippen molar-refractivity contribution >= 4 is 39.3 Å². The van der Waals surface area contributed by atoms with Crippen molar-refractivity contribution in [1.82, 2.24) is 24.4 Å². The van der Waals surface area contributed by atoms with E-state index in [-0.39, 0.29) is 29.6 Å². The molecule has 2 heterocycles. The van der Waals surface area contributed by atoms with Gasteiger partial charge in [-0.05, 0) is 30.7 Å². The number of nitrogens with one attached hydrogen (secondary N) is 1. The van der Waals surface area contributed by atoms with Gasteiger partial charge in [-0.2, -0.15) is 4.31 Å². The summed E-state index contributed by atoms with van der Waals surface area (Å²) in [6.07, 6.45) is 1.80. The summed E-state index contributed by atoms with van der Waals surface area (Å²) in [6, 6.07) is 6.10. The van der Waals surface area contributed by atoms with E-state index < -0.39 is 10.0 Å². The van der Waals surface area contributed by atoms with Crippen LogP contribution in [0.1, 0.15) is 19.2 Å². The second-order valence-electron chi connectivity index (χ2n) is 6.34. The van der Waals surface area contributed by atoms with Crippen LogP contribution in [-0.4, -0.2) is 70.6 Å². The second-order valence-corrected chi connectivity index (χ2v) is 9.66. The number of halogens is 1. The predicted octanol–water partition coefficient (Wildman–Crippen LogP) is 2.04. The van der Waals surface area contributed by atoms with E-state index in [1.54, 1.807) is 17.0 Å². The number of hydrogen-bond donors (Lipinski definition) is 1. The fraction of sp³-hybridized carbons (Fsp3) is 0.471. The molecule has 0 radical (unpaired) electrons. The summed E-state index contributed by atoms with van der Waals surface area (Å²) in [5, 5.41) is 8.00. The standard InChI is InChI=1S/C17H22ClN5O3S2/c1-2-3-15-19-17(21-20-15)27-12-16(24)22-8-10-23(11-9-22)28(25,26)14-6-4-13(18)5-7-14/h4-7H,2-3,8-12H2,1H3,(H,19,20,21). The van der Waals surface area contributed by atoms with Gasteiger partial charge in [0, 0.05) is 37.6 Å². The summed E-state index contributed by atoms with van der Waals surface area (Å²) < 4.78 is 26.8. The number of piperazine rings is 1. The molecule has 1 amide bonds. The lowest BCUT2D eigenvalue weighted by Crippen LogP contribution is -2.50. The number of aromatic nitrogens is 3.